The average Bonchev–Trinajstić information content (AvgIpc) is 2.60. The van der Waals surface area contributed by atoms with Gasteiger partial charge >= 0.3 is 6.03 Å². The van der Waals surface area contributed by atoms with Gasteiger partial charge in [-0.15, -0.1) is 0 Å². The lowest BCUT2D eigenvalue weighted by Gasteiger charge is -2.26. The van der Waals surface area contributed by atoms with E-state index in [2.05, 4.69) is 34.6 Å². The summed E-state index contributed by atoms with van der Waals surface area (Å²) in [7, 11) is 0. The minimum absolute atomic E-state index is 0.150. The van der Waals surface area contributed by atoms with Gasteiger partial charge in [0.2, 0.25) is 0 Å². The number of rotatable bonds is 8. The second-order valence-corrected chi connectivity index (χ2v) is 5.48. The summed E-state index contributed by atoms with van der Waals surface area (Å²) < 4.78 is 10.9. The maximum Gasteiger partial charge on any atom is 0.314 e. The van der Waals surface area contributed by atoms with Crippen LogP contribution in [0.3, 0.4) is 0 Å². The molecule has 0 aliphatic carbocycles. The summed E-state index contributed by atoms with van der Waals surface area (Å²) in [5.41, 5.74) is 1.29. The van der Waals surface area contributed by atoms with Crippen molar-refractivity contribution in [1.82, 2.24) is 15.5 Å². The molecule has 0 atom stereocenters. The summed E-state index contributed by atoms with van der Waals surface area (Å²) in [6.45, 7) is 8.01. The summed E-state index contributed by atoms with van der Waals surface area (Å²) in [6.07, 6.45) is 1.02. The van der Waals surface area contributed by atoms with Gasteiger partial charge in [0.25, 0.3) is 0 Å². The predicted octanol–water partition coefficient (Wildman–Crippen LogP) is 1.26. The van der Waals surface area contributed by atoms with Gasteiger partial charge < -0.3 is 20.1 Å². The Morgan fingerprint density at radius 1 is 1.17 bits per heavy atom. The largest absolute Gasteiger partial charge is 0.492 e. The van der Waals surface area contributed by atoms with Crippen LogP contribution in [0.4, 0.5) is 4.79 Å². The molecule has 6 nitrogen and oxygen atoms in total. The molecule has 2 N–H and O–H groups in total. The van der Waals surface area contributed by atoms with Gasteiger partial charge in [-0.3, -0.25) is 4.90 Å². The molecular formula is C17H27N3O3. The molecule has 2 amide bonds. The molecule has 1 aliphatic heterocycles. The van der Waals surface area contributed by atoms with Gasteiger partial charge in [-0.25, -0.2) is 4.79 Å². The third-order valence-corrected chi connectivity index (χ3v) is 3.81. The summed E-state index contributed by atoms with van der Waals surface area (Å²) in [5, 5.41) is 5.65. The van der Waals surface area contributed by atoms with Crippen molar-refractivity contribution < 1.29 is 14.3 Å². The summed E-state index contributed by atoms with van der Waals surface area (Å²) in [4.78, 5) is 13.9. The van der Waals surface area contributed by atoms with E-state index in [0.29, 0.717) is 19.7 Å². The number of urea groups is 1. The van der Waals surface area contributed by atoms with E-state index < -0.39 is 0 Å². The van der Waals surface area contributed by atoms with Gasteiger partial charge in [0.15, 0.2) is 0 Å². The van der Waals surface area contributed by atoms with E-state index in [-0.39, 0.29) is 6.03 Å². The van der Waals surface area contributed by atoms with Crippen molar-refractivity contribution in [3.05, 3.63) is 29.8 Å². The molecule has 0 bridgehead atoms. The molecule has 1 aromatic rings. The molecular weight excluding hydrogens is 294 g/mol. The van der Waals surface area contributed by atoms with E-state index in [1.807, 2.05) is 12.1 Å². The minimum atomic E-state index is -0.150. The number of amides is 2. The first-order valence-electron chi connectivity index (χ1n) is 8.31. The topological polar surface area (TPSA) is 62.8 Å². The number of carbonyl (C=O) groups excluding carboxylic acids is 1. The van der Waals surface area contributed by atoms with Crippen molar-refractivity contribution in [2.75, 3.05) is 52.5 Å². The molecule has 2 rings (SSSR count). The van der Waals surface area contributed by atoms with E-state index in [9.17, 15) is 4.79 Å². The molecule has 1 heterocycles. The van der Waals surface area contributed by atoms with E-state index in [1.165, 1.54) is 5.56 Å². The summed E-state index contributed by atoms with van der Waals surface area (Å²) in [6, 6.07) is 7.88. The standard InChI is InChI=1S/C17H27N3O3/c1-2-15-3-5-16(6-4-15)23-12-8-19-17(21)18-7-9-20-10-13-22-14-11-20/h3-6H,2,7-14H2,1H3,(H2,18,19,21). The fraction of sp³-hybridized carbons (Fsp3) is 0.588. The molecule has 0 radical (unpaired) electrons. The average molecular weight is 321 g/mol. The fourth-order valence-corrected chi connectivity index (χ4v) is 2.37. The quantitative estimate of drug-likeness (QED) is 0.708. The van der Waals surface area contributed by atoms with Crippen LogP contribution < -0.4 is 15.4 Å². The highest BCUT2D eigenvalue weighted by Gasteiger charge is 2.09. The van der Waals surface area contributed by atoms with Crippen LogP contribution in [0.15, 0.2) is 24.3 Å². The van der Waals surface area contributed by atoms with Crippen LogP contribution in [-0.4, -0.2) is 63.5 Å². The SMILES string of the molecule is CCc1ccc(OCCNC(=O)NCCN2CCOCC2)cc1. The third-order valence-electron chi connectivity index (χ3n) is 3.81. The van der Waals surface area contributed by atoms with Crippen LogP contribution in [0.25, 0.3) is 0 Å². The molecule has 23 heavy (non-hydrogen) atoms. The van der Waals surface area contributed by atoms with Crippen molar-refractivity contribution >= 4 is 6.03 Å². The molecule has 1 aromatic carbocycles. The van der Waals surface area contributed by atoms with Crippen LogP contribution in [0.2, 0.25) is 0 Å². The summed E-state index contributed by atoms with van der Waals surface area (Å²) >= 11 is 0. The highest BCUT2D eigenvalue weighted by Crippen LogP contribution is 2.11. The van der Waals surface area contributed by atoms with Crippen molar-refractivity contribution in [3.8, 4) is 5.75 Å². The van der Waals surface area contributed by atoms with Crippen molar-refractivity contribution in [3.63, 3.8) is 0 Å². The number of benzene rings is 1. The fourth-order valence-electron chi connectivity index (χ4n) is 2.37. The maximum absolute atomic E-state index is 11.7. The Balaban J connectivity index is 1.50. The zero-order valence-corrected chi connectivity index (χ0v) is 13.8. The van der Waals surface area contributed by atoms with Gasteiger partial charge in [0.1, 0.15) is 12.4 Å². The number of hydrogen-bond acceptors (Lipinski definition) is 4. The first kappa shape index (κ1) is 17.6. The van der Waals surface area contributed by atoms with Crippen LogP contribution in [0.1, 0.15) is 12.5 Å². The highest BCUT2D eigenvalue weighted by molar-refractivity contribution is 5.73. The number of nitrogens with one attached hydrogen (secondary N) is 2. The summed E-state index contributed by atoms with van der Waals surface area (Å²) in [5.74, 6) is 0.830. The van der Waals surface area contributed by atoms with E-state index in [4.69, 9.17) is 9.47 Å². The zero-order valence-electron chi connectivity index (χ0n) is 13.8. The van der Waals surface area contributed by atoms with Gasteiger partial charge in [-0.2, -0.15) is 0 Å². The molecule has 6 heteroatoms. The second-order valence-electron chi connectivity index (χ2n) is 5.48. The van der Waals surface area contributed by atoms with Gasteiger partial charge in [0, 0.05) is 26.2 Å². The molecule has 128 valence electrons. The normalized spacial score (nSPS) is 15.2. The maximum atomic E-state index is 11.7. The van der Waals surface area contributed by atoms with E-state index in [0.717, 1.165) is 45.0 Å². The Kier molecular flexibility index (Phi) is 7.69. The molecule has 0 saturated carbocycles. The number of hydrogen-bond donors (Lipinski definition) is 2. The van der Waals surface area contributed by atoms with E-state index in [1.54, 1.807) is 0 Å². The lowest BCUT2D eigenvalue weighted by molar-refractivity contribution is 0.0387. The number of morpholine rings is 1. The number of nitrogens with zero attached hydrogens (tertiary/aromatic N) is 1. The lowest BCUT2D eigenvalue weighted by Crippen LogP contribution is -2.44. The second kappa shape index (κ2) is 10.1. The molecule has 0 unspecified atom stereocenters. The zero-order chi connectivity index (χ0) is 16.3. The Morgan fingerprint density at radius 3 is 2.57 bits per heavy atom. The molecule has 1 fully saturated rings. The monoisotopic (exact) mass is 321 g/mol. The van der Waals surface area contributed by atoms with Crippen molar-refractivity contribution in [2.24, 2.45) is 0 Å². The smallest absolute Gasteiger partial charge is 0.314 e. The molecule has 0 aromatic heterocycles. The Hall–Kier alpha value is -1.79. The minimum Gasteiger partial charge on any atom is -0.492 e. The predicted molar refractivity (Wildman–Crippen MR) is 90.0 cm³/mol. The molecule has 1 aliphatic rings. The Labute approximate surface area is 138 Å². The number of ether oxygens (including phenoxy) is 2. The van der Waals surface area contributed by atoms with Crippen LogP contribution >= 0.6 is 0 Å². The van der Waals surface area contributed by atoms with Crippen LogP contribution in [0.5, 0.6) is 5.75 Å². The van der Waals surface area contributed by atoms with Crippen LogP contribution in [-0.2, 0) is 11.2 Å². The molecule has 0 spiro atoms. The van der Waals surface area contributed by atoms with Crippen molar-refractivity contribution in [2.45, 2.75) is 13.3 Å². The van der Waals surface area contributed by atoms with E-state index >= 15 is 0 Å². The third kappa shape index (κ3) is 6.88. The van der Waals surface area contributed by atoms with Crippen molar-refractivity contribution in [1.29, 1.82) is 0 Å². The first-order valence-corrected chi connectivity index (χ1v) is 8.31. The van der Waals surface area contributed by atoms with Gasteiger partial charge in [0.05, 0.1) is 19.8 Å². The Bertz CT molecular complexity index is 459. The van der Waals surface area contributed by atoms with Gasteiger partial charge in [-0.05, 0) is 24.1 Å². The first-order chi connectivity index (χ1) is 11.3. The number of carbonyl (C=O) groups is 1. The van der Waals surface area contributed by atoms with Crippen LogP contribution in [0, 0.1) is 0 Å². The van der Waals surface area contributed by atoms with Gasteiger partial charge in [-0.1, -0.05) is 19.1 Å². The molecule has 1 saturated heterocycles. The lowest BCUT2D eigenvalue weighted by atomic mass is 10.2. The Morgan fingerprint density at radius 2 is 1.87 bits per heavy atom. The number of aryl methyl sites for hydroxylation is 1. The highest BCUT2D eigenvalue weighted by atomic mass is 16.5.